The first-order chi connectivity index (χ1) is 36.0. The number of likely N-dealkylation sites (tertiary alicyclic amines) is 1. The van der Waals surface area contributed by atoms with Crippen molar-refractivity contribution in [1.29, 1.82) is 0 Å². The highest BCUT2D eigenvalue weighted by atomic mass is 32.1. The number of amides is 4. The fourth-order valence-electron chi connectivity index (χ4n) is 10.4. The second-order valence-electron chi connectivity index (χ2n) is 20.8. The van der Waals surface area contributed by atoms with Crippen molar-refractivity contribution >= 4 is 78.7 Å². The van der Waals surface area contributed by atoms with Gasteiger partial charge in [0.2, 0.25) is 17.7 Å². The molecule has 18 heteroatoms. The zero-order valence-electron chi connectivity index (χ0n) is 42.8. The summed E-state index contributed by atoms with van der Waals surface area (Å²) in [6.45, 7) is 10.2. The maximum Gasteiger partial charge on any atom is 0.358 e. The van der Waals surface area contributed by atoms with Crippen molar-refractivity contribution in [2.75, 3.05) is 48.3 Å². The van der Waals surface area contributed by atoms with E-state index in [2.05, 4.69) is 37.0 Å². The maximum absolute atomic E-state index is 14.0. The van der Waals surface area contributed by atoms with Crippen LogP contribution in [0.3, 0.4) is 0 Å². The van der Waals surface area contributed by atoms with Gasteiger partial charge >= 0.3 is 5.97 Å². The Hall–Kier alpha value is -7.54. The van der Waals surface area contributed by atoms with Crippen molar-refractivity contribution in [3.05, 3.63) is 125 Å². The number of benzene rings is 4. The molecule has 10 rings (SSSR count). The van der Waals surface area contributed by atoms with Crippen LogP contribution in [0, 0.1) is 6.92 Å². The summed E-state index contributed by atoms with van der Waals surface area (Å²) < 4.78 is 14.8. The van der Waals surface area contributed by atoms with Gasteiger partial charge in [-0.05, 0) is 149 Å². The molecular formula is C57H61N9O8S. The van der Waals surface area contributed by atoms with Gasteiger partial charge in [-0.2, -0.15) is 5.10 Å². The molecule has 4 N–H and O–H groups in total. The van der Waals surface area contributed by atoms with Crippen LogP contribution in [0.4, 0.5) is 16.6 Å². The molecule has 0 radical (unpaired) electrons. The van der Waals surface area contributed by atoms with Crippen LogP contribution < -0.4 is 25.6 Å². The van der Waals surface area contributed by atoms with Crippen LogP contribution in [-0.4, -0.2) is 103 Å². The molecule has 7 aromatic rings. The van der Waals surface area contributed by atoms with Gasteiger partial charge in [0, 0.05) is 61.8 Å². The van der Waals surface area contributed by atoms with Gasteiger partial charge in [0.25, 0.3) is 5.91 Å². The van der Waals surface area contributed by atoms with Gasteiger partial charge in [-0.15, -0.1) is 0 Å². The fraction of sp³-hybridized carbons (Fsp3) is 0.368. The molecule has 2 fully saturated rings. The molecule has 2 saturated heterocycles. The Morgan fingerprint density at radius 2 is 1.71 bits per heavy atom. The van der Waals surface area contributed by atoms with E-state index >= 15 is 0 Å². The highest BCUT2D eigenvalue weighted by molar-refractivity contribution is 7.22. The van der Waals surface area contributed by atoms with E-state index in [1.54, 1.807) is 17.8 Å². The molecule has 17 nitrogen and oxygen atoms in total. The molecule has 0 saturated carbocycles. The van der Waals surface area contributed by atoms with Crippen molar-refractivity contribution in [1.82, 2.24) is 30.0 Å². The van der Waals surface area contributed by atoms with Crippen molar-refractivity contribution in [2.45, 2.75) is 96.3 Å². The van der Waals surface area contributed by atoms with Crippen molar-refractivity contribution < 1.29 is 38.6 Å². The number of rotatable bonds is 14. The summed E-state index contributed by atoms with van der Waals surface area (Å²) in [6, 6.07) is 28.6. The van der Waals surface area contributed by atoms with Crippen molar-refractivity contribution in [3.8, 4) is 16.9 Å². The summed E-state index contributed by atoms with van der Waals surface area (Å²) >= 11 is 1.43. The largest absolute Gasteiger partial charge is 0.494 e. The number of aliphatic hydroxyl groups is 1. The van der Waals surface area contributed by atoms with Gasteiger partial charge in [0.05, 0.1) is 46.1 Å². The lowest BCUT2D eigenvalue weighted by Crippen LogP contribution is -2.46. The molecule has 3 aliphatic rings. The molecular weight excluding hydrogens is 971 g/mol. The van der Waals surface area contributed by atoms with E-state index in [0.717, 1.165) is 43.4 Å². The van der Waals surface area contributed by atoms with Gasteiger partial charge in [0.1, 0.15) is 17.2 Å². The third-order valence-electron chi connectivity index (χ3n) is 14.3. The smallest absolute Gasteiger partial charge is 0.358 e. The summed E-state index contributed by atoms with van der Waals surface area (Å²) in [5.41, 5.74) is 6.27. The van der Waals surface area contributed by atoms with Gasteiger partial charge in [-0.3, -0.25) is 39.4 Å². The summed E-state index contributed by atoms with van der Waals surface area (Å²) in [4.78, 5) is 78.9. The maximum atomic E-state index is 14.0. The number of hydrogen-bond donors (Lipinski definition) is 4. The number of thiazole rings is 1. The fourth-order valence-corrected chi connectivity index (χ4v) is 11.2. The first-order valence-electron chi connectivity index (χ1n) is 25.5. The lowest BCUT2D eigenvalue weighted by Gasteiger charge is -2.38. The average Bonchev–Trinajstić information content (AvgIpc) is 3.96. The number of nitrogens with zero attached hydrogens (tertiary/aromatic N) is 6. The average molecular weight is 1030 g/mol. The molecule has 1 unspecified atom stereocenters. The topological polar surface area (TPSA) is 210 Å². The number of hydrogen-bond acceptors (Lipinski definition) is 14. The normalized spacial score (nSPS) is 16.9. The number of ether oxygens (including phenoxy) is 2. The number of fused-ring (bicyclic) bond motifs is 3. The van der Waals surface area contributed by atoms with Gasteiger partial charge < -0.3 is 24.8 Å². The molecule has 75 heavy (non-hydrogen) atoms. The number of carbonyl (C=O) groups is 5. The Kier molecular flexibility index (Phi) is 14.3. The molecule has 0 spiro atoms. The van der Waals surface area contributed by atoms with Crippen LogP contribution in [0.15, 0.2) is 91.0 Å². The lowest BCUT2D eigenvalue weighted by molar-refractivity contribution is -0.134. The van der Waals surface area contributed by atoms with E-state index in [4.69, 9.17) is 14.5 Å². The first kappa shape index (κ1) is 51.0. The second-order valence-corrected chi connectivity index (χ2v) is 21.9. The number of carbonyl (C=O) groups excluding carboxylic acids is 5. The minimum atomic E-state index is -0.871. The number of esters is 1. The van der Waals surface area contributed by atoms with Gasteiger partial charge in [0.15, 0.2) is 10.8 Å². The second kappa shape index (κ2) is 21.0. The van der Waals surface area contributed by atoms with Crippen LogP contribution in [0.5, 0.6) is 5.75 Å². The Morgan fingerprint density at radius 1 is 0.907 bits per heavy atom. The van der Waals surface area contributed by atoms with Gasteiger partial charge in [-0.25, -0.2) is 14.8 Å². The Balaban J connectivity index is 0.733. The molecule has 0 aliphatic carbocycles. The van der Waals surface area contributed by atoms with Crippen LogP contribution in [0.2, 0.25) is 0 Å². The number of aryl methyl sites for hydroxylation is 2. The number of para-hydroxylation sites is 1. The van der Waals surface area contributed by atoms with E-state index in [0.29, 0.717) is 111 Å². The van der Waals surface area contributed by atoms with E-state index in [9.17, 15) is 29.1 Å². The van der Waals surface area contributed by atoms with Crippen LogP contribution in [-0.2, 0) is 39.1 Å². The lowest BCUT2D eigenvalue weighted by atomic mass is 9.87. The van der Waals surface area contributed by atoms with E-state index in [1.807, 2.05) is 111 Å². The standard InChI is InChI=1S/C57H61N9O8S/c1-34-30-37(73-29-9-23-57(72)24-27-65(28-25-57)33-49(68)58-36-14-16-41-45(31-36)64(5)63-50(41)42-19-21-48(67)61-53(42)70)15-17-38(34)39-18-20-47(60-51(39)54(71)74-56(2,3)4)66-26-22-35-10-8-11-40(43(35)32-66)52(69)62-55-59-44-12-6-7-13-46(44)75-55/h6-8,10-18,20,30-31,42,72H,9,19,21-29,32-33H2,1-5H3,(H,58,68)(H,59,62,69)(H,61,67,70). The van der Waals surface area contributed by atoms with Crippen LogP contribution >= 0.6 is 11.3 Å². The highest BCUT2D eigenvalue weighted by Gasteiger charge is 2.34. The van der Waals surface area contributed by atoms with Gasteiger partial charge in [-0.1, -0.05) is 41.7 Å². The SMILES string of the molecule is Cc1cc(OCCCC2(O)CCN(CC(=O)Nc3ccc4c(C5CCC(=O)NC5=O)nn(C)c4c3)CC2)ccc1-c1ccc(N2CCc3cccc(C(=O)Nc4nc5ccccc5s4)c3C2)nc1C(=O)OC(C)(C)C. The molecule has 0 bridgehead atoms. The number of piperidine rings is 2. The zero-order valence-corrected chi connectivity index (χ0v) is 43.6. The number of pyridine rings is 1. The quantitative estimate of drug-likeness (QED) is 0.0458. The third kappa shape index (κ3) is 11.4. The molecule has 4 amide bonds. The Morgan fingerprint density at radius 3 is 2.48 bits per heavy atom. The molecule has 4 aromatic carbocycles. The summed E-state index contributed by atoms with van der Waals surface area (Å²) in [5.74, 6) is -0.801. The first-order valence-corrected chi connectivity index (χ1v) is 26.3. The summed E-state index contributed by atoms with van der Waals surface area (Å²) in [5, 5.41) is 25.8. The number of anilines is 3. The predicted octanol–water partition coefficient (Wildman–Crippen LogP) is 8.47. The third-order valence-corrected chi connectivity index (χ3v) is 15.2. The van der Waals surface area contributed by atoms with Crippen LogP contribution in [0.1, 0.15) is 108 Å². The summed E-state index contributed by atoms with van der Waals surface area (Å²) in [6.07, 6.45) is 3.59. The van der Waals surface area contributed by atoms with E-state index < -0.39 is 23.1 Å². The highest BCUT2D eigenvalue weighted by Crippen LogP contribution is 2.36. The summed E-state index contributed by atoms with van der Waals surface area (Å²) in [7, 11) is 1.79. The minimum Gasteiger partial charge on any atom is -0.494 e. The van der Waals surface area contributed by atoms with Crippen molar-refractivity contribution in [2.24, 2.45) is 7.05 Å². The molecule has 3 aliphatic heterocycles. The Labute approximate surface area is 438 Å². The predicted molar refractivity (Wildman–Crippen MR) is 288 cm³/mol. The van der Waals surface area contributed by atoms with E-state index in [1.165, 1.54) is 11.3 Å². The molecule has 388 valence electrons. The van der Waals surface area contributed by atoms with Crippen molar-refractivity contribution in [3.63, 3.8) is 0 Å². The number of aromatic nitrogens is 4. The Bertz CT molecular complexity index is 3340. The minimum absolute atomic E-state index is 0.166. The molecule has 1 atom stereocenters. The number of nitrogens with one attached hydrogen (secondary N) is 3. The van der Waals surface area contributed by atoms with Crippen LogP contribution in [0.25, 0.3) is 32.2 Å². The zero-order chi connectivity index (χ0) is 52.6. The monoisotopic (exact) mass is 1030 g/mol. The number of imide groups is 1. The molecule has 6 heterocycles. The molecule has 3 aromatic heterocycles. The van der Waals surface area contributed by atoms with E-state index in [-0.39, 0.29) is 42.3 Å².